The normalized spacial score (nSPS) is 11.3. The molecule has 0 aliphatic carbocycles. The number of methoxy groups -OCH3 is 1. The van der Waals surface area contributed by atoms with Crippen LogP contribution in [0.5, 0.6) is 0 Å². The average Bonchev–Trinajstić information content (AvgIpc) is 2.27. The van der Waals surface area contributed by atoms with Gasteiger partial charge in [-0.25, -0.2) is 4.79 Å². The van der Waals surface area contributed by atoms with Crippen LogP contribution in [0, 0.1) is 11.3 Å². The van der Waals surface area contributed by atoms with Crippen molar-refractivity contribution in [2.75, 3.05) is 20.7 Å². The highest BCUT2D eigenvalue weighted by Gasteiger charge is 2.15. The van der Waals surface area contributed by atoms with Crippen molar-refractivity contribution in [2.45, 2.75) is 12.8 Å². The quantitative estimate of drug-likeness (QED) is 0.334. The lowest BCUT2D eigenvalue weighted by atomic mass is 10.1. The van der Waals surface area contributed by atoms with E-state index in [1.54, 1.807) is 0 Å². The molecule has 0 aromatic rings. The lowest BCUT2D eigenvalue weighted by molar-refractivity contribution is -0.143. The topological polar surface area (TPSA) is 91.3 Å². The van der Waals surface area contributed by atoms with E-state index in [9.17, 15) is 9.59 Å². The zero-order chi connectivity index (χ0) is 11.7. The first-order chi connectivity index (χ1) is 7.15. The van der Waals surface area contributed by atoms with Gasteiger partial charge in [0.15, 0.2) is 0 Å². The van der Waals surface area contributed by atoms with Crippen molar-refractivity contribution in [1.29, 1.82) is 5.41 Å². The SMILES string of the molecule is CNC(=O)NCCCC(C=N)C(=O)OC. The number of esters is 1. The van der Waals surface area contributed by atoms with E-state index in [2.05, 4.69) is 15.4 Å². The predicted molar refractivity (Wildman–Crippen MR) is 56.0 cm³/mol. The van der Waals surface area contributed by atoms with Crippen LogP contribution < -0.4 is 10.6 Å². The lowest BCUT2D eigenvalue weighted by Crippen LogP contribution is -2.33. The summed E-state index contributed by atoms with van der Waals surface area (Å²) in [7, 11) is 2.83. The Morgan fingerprint density at radius 1 is 1.53 bits per heavy atom. The van der Waals surface area contributed by atoms with Gasteiger partial charge in [0, 0.05) is 19.8 Å². The molecule has 0 aromatic heterocycles. The van der Waals surface area contributed by atoms with E-state index >= 15 is 0 Å². The van der Waals surface area contributed by atoms with Crippen molar-refractivity contribution in [3.8, 4) is 0 Å². The molecule has 0 fully saturated rings. The third-order valence-electron chi connectivity index (χ3n) is 1.91. The molecule has 0 spiro atoms. The van der Waals surface area contributed by atoms with Crippen LogP contribution in [0.4, 0.5) is 4.79 Å². The monoisotopic (exact) mass is 215 g/mol. The fourth-order valence-corrected chi connectivity index (χ4v) is 1.03. The first-order valence-corrected chi connectivity index (χ1v) is 4.69. The van der Waals surface area contributed by atoms with E-state index in [1.807, 2.05) is 0 Å². The smallest absolute Gasteiger partial charge is 0.314 e. The molecule has 0 aliphatic heterocycles. The van der Waals surface area contributed by atoms with Gasteiger partial charge in [-0.05, 0) is 12.8 Å². The summed E-state index contributed by atoms with van der Waals surface area (Å²) >= 11 is 0. The Labute approximate surface area is 88.9 Å². The van der Waals surface area contributed by atoms with Gasteiger partial charge in [0.25, 0.3) is 0 Å². The van der Waals surface area contributed by atoms with Gasteiger partial charge < -0.3 is 20.8 Å². The zero-order valence-electron chi connectivity index (χ0n) is 9.00. The second-order valence-electron chi connectivity index (χ2n) is 2.94. The van der Waals surface area contributed by atoms with Crippen LogP contribution in [0.2, 0.25) is 0 Å². The molecule has 0 radical (unpaired) electrons. The largest absolute Gasteiger partial charge is 0.469 e. The fraction of sp³-hybridized carbons (Fsp3) is 0.667. The van der Waals surface area contributed by atoms with Crippen molar-refractivity contribution < 1.29 is 14.3 Å². The molecule has 3 N–H and O–H groups in total. The molecule has 15 heavy (non-hydrogen) atoms. The third kappa shape index (κ3) is 5.66. The van der Waals surface area contributed by atoms with Crippen LogP contribution in [-0.2, 0) is 9.53 Å². The van der Waals surface area contributed by atoms with Crippen LogP contribution >= 0.6 is 0 Å². The van der Waals surface area contributed by atoms with Gasteiger partial charge >= 0.3 is 12.0 Å². The highest BCUT2D eigenvalue weighted by atomic mass is 16.5. The van der Waals surface area contributed by atoms with Gasteiger partial charge in [-0.3, -0.25) is 4.79 Å². The molecule has 0 aromatic carbocycles. The lowest BCUT2D eigenvalue weighted by Gasteiger charge is -2.09. The van der Waals surface area contributed by atoms with Crippen LogP contribution in [0.3, 0.4) is 0 Å². The van der Waals surface area contributed by atoms with Gasteiger partial charge in [0.05, 0.1) is 13.0 Å². The summed E-state index contributed by atoms with van der Waals surface area (Å²) in [6.07, 6.45) is 2.19. The van der Waals surface area contributed by atoms with Crippen LogP contribution in [-0.4, -0.2) is 38.9 Å². The Balaban J connectivity index is 3.68. The molecule has 0 saturated heterocycles. The van der Waals surface area contributed by atoms with Crippen molar-refractivity contribution in [1.82, 2.24) is 10.6 Å². The summed E-state index contributed by atoms with van der Waals surface area (Å²) in [6, 6.07) is -0.250. The highest BCUT2D eigenvalue weighted by Crippen LogP contribution is 2.04. The second kappa shape index (κ2) is 7.78. The van der Waals surface area contributed by atoms with Crippen molar-refractivity contribution in [2.24, 2.45) is 5.92 Å². The number of hydrogen-bond acceptors (Lipinski definition) is 4. The van der Waals surface area contributed by atoms with Gasteiger partial charge in [-0.2, -0.15) is 0 Å². The van der Waals surface area contributed by atoms with Gasteiger partial charge in [0.1, 0.15) is 0 Å². The van der Waals surface area contributed by atoms with Gasteiger partial charge in [0.2, 0.25) is 0 Å². The molecule has 0 saturated carbocycles. The second-order valence-corrected chi connectivity index (χ2v) is 2.94. The minimum Gasteiger partial charge on any atom is -0.469 e. The molecular weight excluding hydrogens is 198 g/mol. The molecule has 0 aliphatic rings. The number of hydrogen-bond donors (Lipinski definition) is 3. The number of nitrogens with one attached hydrogen (secondary N) is 3. The molecule has 0 bridgehead atoms. The number of amides is 2. The van der Waals surface area contributed by atoms with Crippen molar-refractivity contribution in [3.63, 3.8) is 0 Å². The average molecular weight is 215 g/mol. The Hall–Kier alpha value is -1.59. The number of ether oxygens (including phenoxy) is 1. The summed E-state index contributed by atoms with van der Waals surface area (Å²) in [6.45, 7) is 0.473. The fourth-order valence-electron chi connectivity index (χ4n) is 1.03. The summed E-state index contributed by atoms with van der Waals surface area (Å²) < 4.78 is 4.51. The summed E-state index contributed by atoms with van der Waals surface area (Å²) in [5.41, 5.74) is 0. The standard InChI is InChI=1S/C9H17N3O3/c1-11-9(14)12-5-3-4-7(6-10)8(13)15-2/h6-7,10H,3-5H2,1-2H3,(H2,11,12,14). The maximum atomic E-state index is 11.1. The molecule has 0 heterocycles. The number of carbonyl (C=O) groups is 2. The molecular formula is C9H17N3O3. The number of urea groups is 1. The molecule has 2 amide bonds. The predicted octanol–water partition coefficient (Wildman–Crippen LogP) is 0.134. The van der Waals surface area contributed by atoms with E-state index in [-0.39, 0.29) is 6.03 Å². The summed E-state index contributed by atoms with van der Waals surface area (Å²) in [5, 5.41) is 12.0. The molecule has 6 nitrogen and oxygen atoms in total. The Kier molecular flexibility index (Phi) is 6.96. The highest BCUT2D eigenvalue weighted by molar-refractivity contribution is 5.88. The first-order valence-electron chi connectivity index (χ1n) is 4.69. The maximum Gasteiger partial charge on any atom is 0.314 e. The van der Waals surface area contributed by atoms with E-state index in [0.717, 1.165) is 6.21 Å². The molecule has 0 rings (SSSR count). The van der Waals surface area contributed by atoms with Crippen molar-refractivity contribution >= 4 is 18.2 Å². The molecule has 86 valence electrons. The Morgan fingerprint density at radius 3 is 2.67 bits per heavy atom. The Bertz CT molecular complexity index is 231. The molecule has 6 heteroatoms. The number of rotatable bonds is 6. The van der Waals surface area contributed by atoms with Gasteiger partial charge in [-0.1, -0.05) is 0 Å². The van der Waals surface area contributed by atoms with E-state index in [0.29, 0.717) is 19.4 Å². The van der Waals surface area contributed by atoms with Crippen LogP contribution in [0.15, 0.2) is 0 Å². The Morgan fingerprint density at radius 2 is 2.20 bits per heavy atom. The maximum absolute atomic E-state index is 11.1. The summed E-state index contributed by atoms with van der Waals surface area (Å²) in [4.78, 5) is 21.8. The van der Waals surface area contributed by atoms with E-state index < -0.39 is 11.9 Å². The molecule has 1 atom stereocenters. The summed E-state index contributed by atoms with van der Waals surface area (Å²) in [5.74, 6) is -0.925. The van der Waals surface area contributed by atoms with Crippen LogP contribution in [0.1, 0.15) is 12.8 Å². The van der Waals surface area contributed by atoms with Crippen LogP contribution in [0.25, 0.3) is 0 Å². The minimum atomic E-state index is -0.513. The van der Waals surface area contributed by atoms with E-state index in [4.69, 9.17) is 5.41 Å². The van der Waals surface area contributed by atoms with Gasteiger partial charge in [-0.15, -0.1) is 0 Å². The third-order valence-corrected chi connectivity index (χ3v) is 1.91. The van der Waals surface area contributed by atoms with Crippen molar-refractivity contribution in [3.05, 3.63) is 0 Å². The molecule has 1 unspecified atom stereocenters. The van der Waals surface area contributed by atoms with E-state index in [1.165, 1.54) is 14.2 Å². The minimum absolute atomic E-state index is 0.250. The zero-order valence-corrected chi connectivity index (χ0v) is 9.00. The number of carbonyl (C=O) groups excluding carboxylic acids is 2. The first kappa shape index (κ1) is 13.4.